The maximum absolute atomic E-state index is 5.22. The summed E-state index contributed by atoms with van der Waals surface area (Å²) >= 11 is 0. The van der Waals surface area contributed by atoms with Crippen molar-refractivity contribution < 1.29 is 0 Å². The fourth-order valence-electron chi connectivity index (χ4n) is 9.21. The summed E-state index contributed by atoms with van der Waals surface area (Å²) in [5, 5.41) is 0. The number of nitrogens with zero attached hydrogens (tertiary/aromatic N) is 3. The first-order chi connectivity index (χ1) is 30.3. The third kappa shape index (κ3) is 13.3. The van der Waals surface area contributed by atoms with Crippen LogP contribution in [0, 0.1) is 0 Å². The van der Waals surface area contributed by atoms with E-state index < -0.39 is 0 Å². The normalized spacial score (nSPS) is 13.7. The summed E-state index contributed by atoms with van der Waals surface area (Å²) in [6.45, 7) is 62.3. The van der Waals surface area contributed by atoms with Gasteiger partial charge in [-0.3, -0.25) is 0 Å². The standard InChI is InChI=1S/C21H40N2.C20H38N2.C19H36N2/c1-10-15-19(6,7)18-22-16(20(8,11-2)12-3)17(23-18)21(9,13-4)14-5;1-10-18(6,7)17-21-15(19(8,11-2)12-3)16(22-17)20(9,13-4)14-5;1-10-18(8,11-2)14-15(19(9,12-3)13-4)21-16(20-14)17(5,6)7/h10-15H2,1-9H3,(H,22,23);10-14H2,1-9H3,(H,21,22);10-13H2,1-9H3,(H,20,21). The van der Waals surface area contributed by atoms with Crippen LogP contribution in [0.4, 0.5) is 0 Å². The molecule has 3 aromatic rings. The van der Waals surface area contributed by atoms with E-state index in [-0.39, 0.29) is 48.7 Å². The fourth-order valence-corrected chi connectivity index (χ4v) is 9.21. The quantitative estimate of drug-likeness (QED) is 0.0886. The largest absolute Gasteiger partial charge is 0.345 e. The molecule has 0 amide bonds. The molecule has 0 aromatic carbocycles. The van der Waals surface area contributed by atoms with Crippen LogP contribution in [0.5, 0.6) is 0 Å². The molecule has 0 fully saturated rings. The second-order valence-electron chi connectivity index (χ2n) is 24.7. The number of H-pyrrole nitrogens is 3. The molecule has 0 aliphatic heterocycles. The highest BCUT2D eigenvalue weighted by Crippen LogP contribution is 2.45. The van der Waals surface area contributed by atoms with Crippen molar-refractivity contribution in [1.82, 2.24) is 29.9 Å². The van der Waals surface area contributed by atoms with Crippen LogP contribution in [0.25, 0.3) is 0 Å². The molecule has 3 N–H and O–H groups in total. The van der Waals surface area contributed by atoms with E-state index in [4.69, 9.17) is 15.0 Å². The summed E-state index contributed by atoms with van der Waals surface area (Å²) in [4.78, 5) is 26.8. The Hall–Kier alpha value is -2.37. The third-order valence-corrected chi connectivity index (χ3v) is 18.8. The van der Waals surface area contributed by atoms with Gasteiger partial charge >= 0.3 is 0 Å². The molecule has 3 aromatic heterocycles. The van der Waals surface area contributed by atoms with Gasteiger partial charge in [-0.25, -0.2) is 15.0 Å². The lowest BCUT2D eigenvalue weighted by Crippen LogP contribution is -2.29. The van der Waals surface area contributed by atoms with Gasteiger partial charge in [-0.2, -0.15) is 0 Å². The minimum absolute atomic E-state index is 0.0672. The summed E-state index contributed by atoms with van der Waals surface area (Å²) in [6, 6.07) is 0. The average molecular weight is 920 g/mol. The Labute approximate surface area is 411 Å². The van der Waals surface area contributed by atoms with Crippen molar-refractivity contribution in [1.29, 1.82) is 0 Å². The first kappa shape index (κ1) is 61.6. The Kier molecular flexibility index (Phi) is 22.4. The van der Waals surface area contributed by atoms with E-state index in [9.17, 15) is 0 Å². The summed E-state index contributed by atoms with van der Waals surface area (Å²) < 4.78 is 0. The second-order valence-corrected chi connectivity index (χ2v) is 24.7. The monoisotopic (exact) mass is 919 g/mol. The number of hydrogen-bond donors (Lipinski definition) is 3. The van der Waals surface area contributed by atoms with Gasteiger partial charge in [0.05, 0.1) is 17.1 Å². The lowest BCUT2D eigenvalue weighted by Gasteiger charge is -2.32. The van der Waals surface area contributed by atoms with Crippen LogP contribution in [-0.4, -0.2) is 29.9 Å². The zero-order valence-corrected chi connectivity index (χ0v) is 49.4. The molecular formula is C60H114N6. The van der Waals surface area contributed by atoms with Crippen LogP contribution in [0.2, 0.25) is 0 Å². The van der Waals surface area contributed by atoms with E-state index in [0.717, 1.165) is 89.3 Å². The first-order valence-electron chi connectivity index (χ1n) is 27.7. The van der Waals surface area contributed by atoms with Crippen LogP contribution in [-0.2, 0) is 48.7 Å². The average Bonchev–Trinajstić information content (AvgIpc) is 4.11. The Bertz CT molecular complexity index is 1740. The molecule has 0 aliphatic carbocycles. The zero-order chi connectivity index (χ0) is 51.5. The van der Waals surface area contributed by atoms with Crippen molar-refractivity contribution in [2.45, 2.75) is 332 Å². The van der Waals surface area contributed by atoms with Gasteiger partial charge < -0.3 is 15.0 Å². The minimum atomic E-state index is 0.0672. The molecule has 0 saturated heterocycles. The zero-order valence-electron chi connectivity index (χ0n) is 49.4. The van der Waals surface area contributed by atoms with E-state index in [1.807, 2.05) is 0 Å². The highest BCUT2D eigenvalue weighted by molar-refractivity contribution is 5.34. The van der Waals surface area contributed by atoms with E-state index in [2.05, 4.69) is 202 Å². The van der Waals surface area contributed by atoms with E-state index in [0.29, 0.717) is 0 Å². The molecule has 384 valence electrons. The van der Waals surface area contributed by atoms with Crippen molar-refractivity contribution in [3.63, 3.8) is 0 Å². The van der Waals surface area contributed by atoms with Gasteiger partial charge in [0, 0.05) is 65.8 Å². The van der Waals surface area contributed by atoms with Crippen LogP contribution in [0.1, 0.15) is 335 Å². The van der Waals surface area contributed by atoms with Gasteiger partial charge in [0.25, 0.3) is 0 Å². The molecule has 0 spiro atoms. The lowest BCUT2D eigenvalue weighted by molar-refractivity contribution is 0.382. The molecule has 3 heterocycles. The van der Waals surface area contributed by atoms with Crippen LogP contribution < -0.4 is 0 Å². The molecule has 0 radical (unpaired) electrons. The molecule has 0 atom stereocenters. The van der Waals surface area contributed by atoms with E-state index >= 15 is 0 Å². The maximum atomic E-state index is 5.22. The van der Waals surface area contributed by atoms with E-state index in [1.165, 1.54) is 58.7 Å². The number of aromatic amines is 3. The van der Waals surface area contributed by atoms with Gasteiger partial charge in [-0.1, -0.05) is 193 Å². The van der Waals surface area contributed by atoms with Gasteiger partial charge in [0.1, 0.15) is 17.5 Å². The Morgan fingerprint density at radius 1 is 0.288 bits per heavy atom. The second kappa shape index (κ2) is 24.0. The molecule has 6 heteroatoms. The molecule has 0 aliphatic rings. The Morgan fingerprint density at radius 3 is 0.727 bits per heavy atom. The Balaban J connectivity index is 0.000000496. The van der Waals surface area contributed by atoms with Crippen molar-refractivity contribution in [3.8, 4) is 0 Å². The molecular weight excluding hydrogens is 805 g/mol. The number of hydrogen-bond acceptors (Lipinski definition) is 3. The third-order valence-electron chi connectivity index (χ3n) is 18.8. The molecule has 3 rings (SSSR count). The number of rotatable bonds is 23. The molecule has 6 nitrogen and oxygen atoms in total. The maximum Gasteiger partial charge on any atom is 0.112 e. The fraction of sp³-hybridized carbons (Fsp3) is 0.850. The SMILES string of the molecule is CCC(C)(C)c1nc(C(C)(CC)CC)c(C(C)(CC)CC)[nH]1.CCC(C)(CC)c1nc(C(C)(C)C)[nH]c1C(C)(CC)CC.CCCC(C)(C)c1nc(C(C)(CC)CC)c(C(C)(CC)CC)[nH]1. The molecule has 66 heavy (non-hydrogen) atoms. The summed E-state index contributed by atoms with van der Waals surface area (Å²) in [5.41, 5.74) is 9.48. The first-order valence-corrected chi connectivity index (χ1v) is 27.7. The van der Waals surface area contributed by atoms with Crippen LogP contribution in [0.15, 0.2) is 0 Å². The van der Waals surface area contributed by atoms with Gasteiger partial charge in [-0.15, -0.1) is 0 Å². The lowest BCUT2D eigenvalue weighted by atomic mass is 9.73. The smallest absolute Gasteiger partial charge is 0.112 e. The van der Waals surface area contributed by atoms with Gasteiger partial charge in [-0.05, 0) is 89.9 Å². The topological polar surface area (TPSA) is 86.0 Å². The summed E-state index contributed by atoms with van der Waals surface area (Å²) in [7, 11) is 0. The van der Waals surface area contributed by atoms with Crippen molar-refractivity contribution in [2.75, 3.05) is 0 Å². The molecule has 0 saturated carbocycles. The van der Waals surface area contributed by atoms with Crippen molar-refractivity contribution in [2.24, 2.45) is 0 Å². The predicted molar refractivity (Wildman–Crippen MR) is 293 cm³/mol. The van der Waals surface area contributed by atoms with Crippen molar-refractivity contribution >= 4 is 0 Å². The highest BCUT2D eigenvalue weighted by Gasteiger charge is 2.41. The Morgan fingerprint density at radius 2 is 0.515 bits per heavy atom. The molecule has 0 unspecified atom stereocenters. The van der Waals surface area contributed by atoms with Crippen LogP contribution >= 0.6 is 0 Å². The highest BCUT2D eigenvalue weighted by atomic mass is 15.0. The molecule has 0 bridgehead atoms. The number of aromatic nitrogens is 6. The van der Waals surface area contributed by atoms with E-state index in [1.54, 1.807) is 0 Å². The van der Waals surface area contributed by atoms with Gasteiger partial charge in [0.15, 0.2) is 0 Å². The van der Waals surface area contributed by atoms with Crippen molar-refractivity contribution in [3.05, 3.63) is 51.6 Å². The van der Waals surface area contributed by atoms with Crippen LogP contribution in [0.3, 0.4) is 0 Å². The number of nitrogens with one attached hydrogen (secondary N) is 3. The van der Waals surface area contributed by atoms with Gasteiger partial charge in [0.2, 0.25) is 0 Å². The summed E-state index contributed by atoms with van der Waals surface area (Å²) in [6.07, 6.45) is 17.2. The number of imidazole rings is 3. The summed E-state index contributed by atoms with van der Waals surface area (Å²) in [5.74, 6) is 3.49. The minimum Gasteiger partial charge on any atom is -0.345 e. The predicted octanol–water partition coefficient (Wildman–Crippen LogP) is 18.8.